The summed E-state index contributed by atoms with van der Waals surface area (Å²) in [6, 6.07) is 13.1. The van der Waals surface area contributed by atoms with Crippen LogP contribution in [0, 0.1) is 11.8 Å². The molecule has 0 aliphatic carbocycles. The second kappa shape index (κ2) is 11.0. The predicted molar refractivity (Wildman–Crippen MR) is 141 cm³/mol. The number of methoxy groups -OCH3 is 1. The predicted octanol–water partition coefficient (Wildman–Crippen LogP) is 4.89. The first-order chi connectivity index (χ1) is 18.8. The molecular formula is C29H32N2O8. The molecule has 2 aliphatic rings. The normalized spacial score (nSPS) is 20.9. The lowest BCUT2D eigenvalue weighted by Gasteiger charge is -2.37. The number of hydrogen-bond donors (Lipinski definition) is 2. The van der Waals surface area contributed by atoms with Crippen molar-refractivity contribution in [3.63, 3.8) is 0 Å². The standard InChI is InChI=1S/C29H32N2O8/c1-3-21-19(14-25(32)39-27(21)38-16-17-7-9-20(37-2)10-8-17)13-18-5-4-6-23-26(18)22-11-12-30(28(33)34)15-24(22)31(23)29(35)36/h4-10,19,21,27H,3,11-16H2,1-2H3,(H,33,34)(H,35,36)/t19-,21?,27?/m1/s1. The van der Waals surface area contributed by atoms with E-state index in [9.17, 15) is 24.6 Å². The van der Waals surface area contributed by atoms with Crippen molar-refractivity contribution in [2.24, 2.45) is 11.8 Å². The van der Waals surface area contributed by atoms with Crippen LogP contribution in [0.2, 0.25) is 0 Å². The highest BCUT2D eigenvalue weighted by atomic mass is 16.7. The van der Waals surface area contributed by atoms with Crippen LogP contribution >= 0.6 is 0 Å². The number of ether oxygens (including phenoxy) is 3. The molecule has 1 aromatic heterocycles. The Morgan fingerprint density at radius 3 is 2.54 bits per heavy atom. The molecule has 0 bridgehead atoms. The number of nitrogens with zero attached hydrogens (tertiary/aromatic N) is 2. The fourth-order valence-electron chi connectivity index (χ4n) is 5.98. The Labute approximate surface area is 225 Å². The molecule has 0 spiro atoms. The third-order valence-corrected chi connectivity index (χ3v) is 7.88. The monoisotopic (exact) mass is 536 g/mol. The quantitative estimate of drug-likeness (QED) is 0.409. The van der Waals surface area contributed by atoms with Gasteiger partial charge in [0.15, 0.2) is 0 Å². The van der Waals surface area contributed by atoms with E-state index in [0.29, 0.717) is 30.6 Å². The Hall–Kier alpha value is -4.05. The highest BCUT2D eigenvalue weighted by Crippen LogP contribution is 2.38. The third kappa shape index (κ3) is 5.16. The summed E-state index contributed by atoms with van der Waals surface area (Å²) in [5.41, 5.74) is 3.76. The van der Waals surface area contributed by atoms with E-state index in [2.05, 4.69) is 0 Å². The molecule has 10 nitrogen and oxygen atoms in total. The van der Waals surface area contributed by atoms with Crippen LogP contribution in [-0.2, 0) is 40.3 Å². The number of hydrogen-bond acceptors (Lipinski definition) is 6. The van der Waals surface area contributed by atoms with Crippen LogP contribution in [0.15, 0.2) is 42.5 Å². The molecule has 2 aromatic carbocycles. The van der Waals surface area contributed by atoms with Gasteiger partial charge in [0.05, 0.1) is 31.5 Å². The molecule has 2 N–H and O–H groups in total. The maximum atomic E-state index is 12.7. The zero-order valence-electron chi connectivity index (χ0n) is 22.0. The van der Waals surface area contributed by atoms with Gasteiger partial charge in [0.1, 0.15) is 5.75 Å². The Morgan fingerprint density at radius 2 is 1.87 bits per heavy atom. The van der Waals surface area contributed by atoms with Gasteiger partial charge in [-0.2, -0.15) is 0 Å². The van der Waals surface area contributed by atoms with Crippen molar-refractivity contribution < 1.29 is 38.8 Å². The highest BCUT2D eigenvalue weighted by molar-refractivity contribution is 5.95. The fraction of sp³-hybridized carbons (Fsp3) is 0.414. The third-order valence-electron chi connectivity index (χ3n) is 7.88. The molecule has 206 valence electrons. The van der Waals surface area contributed by atoms with E-state index < -0.39 is 18.5 Å². The van der Waals surface area contributed by atoms with Crippen LogP contribution in [0.25, 0.3) is 10.9 Å². The minimum absolute atomic E-state index is 0.0136. The molecule has 2 unspecified atom stereocenters. The Bertz CT molecular complexity index is 1400. The lowest BCUT2D eigenvalue weighted by Crippen LogP contribution is -2.41. The van der Waals surface area contributed by atoms with Crippen LogP contribution < -0.4 is 4.74 Å². The molecule has 1 amide bonds. The number of carboxylic acid groups (broad SMARTS) is 2. The molecule has 39 heavy (non-hydrogen) atoms. The first-order valence-electron chi connectivity index (χ1n) is 13.1. The fourth-order valence-corrected chi connectivity index (χ4v) is 5.98. The average molecular weight is 537 g/mol. The number of cyclic esters (lactones) is 1. The van der Waals surface area contributed by atoms with Gasteiger partial charge in [0, 0.05) is 24.3 Å². The molecule has 3 aromatic rings. The van der Waals surface area contributed by atoms with Crippen molar-refractivity contribution >= 4 is 29.1 Å². The lowest BCUT2D eigenvalue weighted by atomic mass is 9.79. The summed E-state index contributed by atoms with van der Waals surface area (Å²) >= 11 is 0. The second-order valence-corrected chi connectivity index (χ2v) is 10.1. The second-order valence-electron chi connectivity index (χ2n) is 10.1. The molecular weight excluding hydrogens is 504 g/mol. The number of benzene rings is 2. The van der Waals surface area contributed by atoms with Gasteiger partial charge < -0.3 is 29.3 Å². The van der Waals surface area contributed by atoms with Crippen molar-refractivity contribution in [2.45, 2.75) is 52.0 Å². The van der Waals surface area contributed by atoms with Crippen LogP contribution in [0.5, 0.6) is 5.75 Å². The van der Waals surface area contributed by atoms with Gasteiger partial charge in [-0.05, 0) is 60.1 Å². The SMILES string of the molecule is CCC1C(OCc2ccc(OC)cc2)OC(=O)C[C@H]1Cc1cccc2c1c1c(n2C(=O)O)CN(C(=O)O)CC1. The Balaban J connectivity index is 1.43. The Kier molecular flexibility index (Phi) is 7.47. The minimum atomic E-state index is -1.15. The Morgan fingerprint density at radius 1 is 1.10 bits per heavy atom. The number of rotatable bonds is 7. The molecule has 0 radical (unpaired) electrons. The molecule has 10 heteroatoms. The van der Waals surface area contributed by atoms with Crippen molar-refractivity contribution in [3.8, 4) is 5.75 Å². The average Bonchev–Trinajstić information content (AvgIpc) is 3.26. The first-order valence-corrected chi connectivity index (χ1v) is 13.1. The van der Waals surface area contributed by atoms with Crippen LogP contribution in [0.1, 0.15) is 42.1 Å². The zero-order chi connectivity index (χ0) is 27.7. The lowest BCUT2D eigenvalue weighted by molar-refractivity contribution is -0.216. The van der Waals surface area contributed by atoms with Gasteiger partial charge in [-0.3, -0.25) is 4.79 Å². The van der Waals surface area contributed by atoms with Crippen molar-refractivity contribution in [1.82, 2.24) is 9.47 Å². The van der Waals surface area contributed by atoms with Gasteiger partial charge in [-0.1, -0.05) is 31.2 Å². The minimum Gasteiger partial charge on any atom is -0.497 e. The number of carbonyl (C=O) groups is 3. The van der Waals surface area contributed by atoms with E-state index in [1.54, 1.807) is 13.2 Å². The van der Waals surface area contributed by atoms with E-state index in [1.165, 1.54) is 9.47 Å². The number of fused-ring (bicyclic) bond motifs is 3. The van der Waals surface area contributed by atoms with Crippen LogP contribution in [0.4, 0.5) is 9.59 Å². The summed E-state index contributed by atoms with van der Waals surface area (Å²) in [5, 5.41) is 20.3. The number of aromatic nitrogens is 1. The number of esters is 1. The summed E-state index contributed by atoms with van der Waals surface area (Å²) in [4.78, 5) is 37.7. The van der Waals surface area contributed by atoms with Gasteiger partial charge in [0.25, 0.3) is 0 Å². The molecule has 2 aliphatic heterocycles. The van der Waals surface area contributed by atoms with E-state index in [-0.39, 0.29) is 37.4 Å². The van der Waals surface area contributed by atoms with Crippen LogP contribution in [0.3, 0.4) is 0 Å². The van der Waals surface area contributed by atoms with Crippen molar-refractivity contribution in [1.29, 1.82) is 0 Å². The van der Waals surface area contributed by atoms with E-state index in [1.807, 2.05) is 43.3 Å². The summed E-state index contributed by atoms with van der Waals surface area (Å²) in [6.07, 6.45) is -0.960. The number of carbonyl (C=O) groups excluding carboxylic acids is 1. The maximum absolute atomic E-state index is 12.7. The first kappa shape index (κ1) is 26.6. The number of amides is 1. The topological polar surface area (TPSA) is 128 Å². The van der Waals surface area contributed by atoms with Gasteiger partial charge in [-0.25, -0.2) is 14.2 Å². The summed E-state index contributed by atoms with van der Waals surface area (Å²) in [7, 11) is 1.61. The maximum Gasteiger partial charge on any atom is 0.416 e. The van der Waals surface area contributed by atoms with Crippen molar-refractivity contribution in [2.75, 3.05) is 13.7 Å². The molecule has 1 fully saturated rings. The summed E-state index contributed by atoms with van der Waals surface area (Å²) in [6.45, 7) is 2.64. The highest BCUT2D eigenvalue weighted by Gasteiger charge is 2.39. The van der Waals surface area contributed by atoms with E-state index in [0.717, 1.165) is 34.2 Å². The summed E-state index contributed by atoms with van der Waals surface area (Å²) < 4.78 is 18.2. The molecule has 0 saturated carbocycles. The molecule has 3 atom stereocenters. The van der Waals surface area contributed by atoms with Crippen LogP contribution in [-0.4, -0.2) is 57.8 Å². The van der Waals surface area contributed by atoms with E-state index >= 15 is 0 Å². The van der Waals surface area contributed by atoms with Gasteiger partial charge in [-0.15, -0.1) is 0 Å². The largest absolute Gasteiger partial charge is 0.497 e. The molecule has 5 rings (SSSR count). The van der Waals surface area contributed by atoms with Crippen molar-refractivity contribution in [3.05, 3.63) is 64.8 Å². The van der Waals surface area contributed by atoms with Gasteiger partial charge in [0.2, 0.25) is 6.29 Å². The van der Waals surface area contributed by atoms with Gasteiger partial charge >= 0.3 is 18.2 Å². The summed E-state index contributed by atoms with van der Waals surface area (Å²) in [5.74, 6) is 0.318. The smallest absolute Gasteiger partial charge is 0.416 e. The zero-order valence-corrected chi connectivity index (χ0v) is 22.0. The molecule has 1 saturated heterocycles. The van der Waals surface area contributed by atoms with E-state index in [4.69, 9.17) is 14.2 Å². The molecule has 3 heterocycles.